The van der Waals surface area contributed by atoms with Gasteiger partial charge in [-0.2, -0.15) is 0 Å². The molecule has 1 aromatic rings. The Bertz CT molecular complexity index is 725. The largest absolute Gasteiger partial charge is 0.496 e. The second kappa shape index (κ2) is 6.70. The number of rotatable bonds is 4. The van der Waals surface area contributed by atoms with Gasteiger partial charge in [-0.15, -0.1) is 0 Å². The second-order valence-corrected chi connectivity index (χ2v) is 7.76. The third kappa shape index (κ3) is 3.65. The number of aliphatic hydroxyl groups is 2. The first kappa shape index (κ1) is 17.8. The third-order valence-electron chi connectivity index (χ3n) is 4.95. The van der Waals surface area contributed by atoms with Gasteiger partial charge in [-0.05, 0) is 23.3 Å². The molecule has 4 heteroatoms. The number of hydrogen-bond donors (Lipinski definition) is 2. The zero-order valence-corrected chi connectivity index (χ0v) is 15.3. The van der Waals surface area contributed by atoms with Gasteiger partial charge in [-0.1, -0.05) is 57.2 Å². The van der Waals surface area contributed by atoms with E-state index in [0.29, 0.717) is 29.8 Å². The summed E-state index contributed by atoms with van der Waals surface area (Å²) in [6.07, 6.45) is 9.78. The molecule has 2 atom stereocenters. The van der Waals surface area contributed by atoms with Crippen LogP contribution in [-0.2, 0) is 6.54 Å². The van der Waals surface area contributed by atoms with Crippen molar-refractivity contribution in [2.24, 2.45) is 11.3 Å². The number of ether oxygens (including phenoxy) is 1. The number of allylic oxidation sites excluding steroid dienone is 2. The number of hydrogen-bond acceptors (Lipinski definition) is 4. The van der Waals surface area contributed by atoms with Crippen molar-refractivity contribution in [1.82, 2.24) is 4.90 Å². The zero-order chi connectivity index (χ0) is 18.2. The highest BCUT2D eigenvalue weighted by Gasteiger charge is 2.31. The Labute approximate surface area is 149 Å². The molecule has 3 rings (SSSR count). The predicted molar refractivity (Wildman–Crippen MR) is 98.8 cm³/mol. The molecule has 134 valence electrons. The highest BCUT2D eigenvalue weighted by atomic mass is 16.5. The van der Waals surface area contributed by atoms with E-state index >= 15 is 0 Å². The van der Waals surface area contributed by atoms with E-state index in [0.717, 1.165) is 5.56 Å². The predicted octanol–water partition coefficient (Wildman–Crippen LogP) is 3.53. The van der Waals surface area contributed by atoms with Crippen LogP contribution in [0.25, 0.3) is 0 Å². The Kier molecular flexibility index (Phi) is 4.76. The lowest BCUT2D eigenvalue weighted by atomic mass is 9.80. The maximum absolute atomic E-state index is 9.34. The molecule has 2 unspecified atom stereocenters. The van der Waals surface area contributed by atoms with E-state index in [-0.39, 0.29) is 5.41 Å². The second-order valence-electron chi connectivity index (χ2n) is 7.76. The summed E-state index contributed by atoms with van der Waals surface area (Å²) >= 11 is 0. The minimum absolute atomic E-state index is 0.131. The molecule has 0 radical (unpaired) electrons. The van der Waals surface area contributed by atoms with E-state index in [2.05, 4.69) is 56.2 Å². The van der Waals surface area contributed by atoms with Crippen LogP contribution < -0.4 is 4.74 Å². The Balaban J connectivity index is 1.83. The van der Waals surface area contributed by atoms with Gasteiger partial charge in [-0.25, -0.2) is 0 Å². The van der Waals surface area contributed by atoms with E-state index in [1.165, 1.54) is 5.57 Å². The van der Waals surface area contributed by atoms with Gasteiger partial charge in [0, 0.05) is 23.6 Å². The molecule has 25 heavy (non-hydrogen) atoms. The van der Waals surface area contributed by atoms with E-state index in [1.807, 2.05) is 6.07 Å². The molecule has 1 aliphatic heterocycles. The van der Waals surface area contributed by atoms with Gasteiger partial charge >= 0.3 is 0 Å². The van der Waals surface area contributed by atoms with Gasteiger partial charge in [-0.3, -0.25) is 0 Å². The van der Waals surface area contributed by atoms with Crippen LogP contribution in [0.1, 0.15) is 38.2 Å². The zero-order valence-electron chi connectivity index (χ0n) is 15.3. The molecule has 1 aromatic carbocycles. The third-order valence-corrected chi connectivity index (χ3v) is 4.95. The highest BCUT2D eigenvalue weighted by molar-refractivity contribution is 5.40. The molecule has 1 heterocycles. The summed E-state index contributed by atoms with van der Waals surface area (Å²) in [5.41, 5.74) is 2.95. The smallest absolute Gasteiger partial charge is 0.178 e. The SMILES string of the molecule is COc1cc(C(O)O)ccc1CN1C=CC2C=CC(C(C)(C)C)=CC21. The van der Waals surface area contributed by atoms with Crippen LogP contribution in [0.2, 0.25) is 0 Å². The molecule has 0 fully saturated rings. The van der Waals surface area contributed by atoms with Crippen molar-refractivity contribution in [1.29, 1.82) is 0 Å². The topological polar surface area (TPSA) is 52.9 Å². The van der Waals surface area contributed by atoms with Crippen LogP contribution in [0.4, 0.5) is 0 Å². The first-order chi connectivity index (χ1) is 11.8. The van der Waals surface area contributed by atoms with Crippen LogP contribution in [0.3, 0.4) is 0 Å². The Morgan fingerprint density at radius 2 is 1.96 bits per heavy atom. The van der Waals surface area contributed by atoms with Gasteiger partial charge in [0.05, 0.1) is 13.2 Å². The van der Waals surface area contributed by atoms with Gasteiger partial charge in [0.1, 0.15) is 5.75 Å². The summed E-state index contributed by atoms with van der Waals surface area (Å²) in [4.78, 5) is 2.31. The normalized spacial score (nSPS) is 22.4. The number of methoxy groups -OCH3 is 1. The minimum atomic E-state index is -1.49. The van der Waals surface area contributed by atoms with E-state index in [1.54, 1.807) is 19.2 Å². The van der Waals surface area contributed by atoms with E-state index < -0.39 is 6.29 Å². The lowest BCUT2D eigenvalue weighted by Gasteiger charge is -2.32. The first-order valence-corrected chi connectivity index (χ1v) is 8.67. The Morgan fingerprint density at radius 3 is 2.60 bits per heavy atom. The number of nitrogens with zero attached hydrogens (tertiary/aromatic N) is 1. The van der Waals surface area contributed by atoms with Crippen LogP contribution >= 0.6 is 0 Å². The molecule has 0 aromatic heterocycles. The van der Waals surface area contributed by atoms with Crippen molar-refractivity contribution in [2.75, 3.05) is 7.11 Å². The van der Waals surface area contributed by atoms with Crippen LogP contribution in [0, 0.1) is 11.3 Å². The molecular formula is C21H27NO3. The van der Waals surface area contributed by atoms with Crippen molar-refractivity contribution < 1.29 is 14.9 Å². The molecule has 0 saturated heterocycles. The van der Waals surface area contributed by atoms with Crippen molar-refractivity contribution in [3.8, 4) is 5.75 Å². The summed E-state index contributed by atoms with van der Waals surface area (Å²) in [5, 5.41) is 18.7. The fraction of sp³-hybridized carbons (Fsp3) is 0.429. The standard InChI is InChI=1S/C21H27NO3/c1-21(2,3)17-8-7-14-9-10-22(18(14)12-17)13-16-6-5-15(20(23)24)11-19(16)25-4/h5-12,14,18,20,23-24H,13H2,1-4H3. The molecule has 0 bridgehead atoms. The molecule has 0 amide bonds. The van der Waals surface area contributed by atoms with Crippen molar-refractivity contribution in [3.63, 3.8) is 0 Å². The van der Waals surface area contributed by atoms with Crippen molar-refractivity contribution in [3.05, 3.63) is 65.4 Å². The van der Waals surface area contributed by atoms with Gasteiger partial charge < -0.3 is 19.8 Å². The van der Waals surface area contributed by atoms with Gasteiger partial charge in [0.15, 0.2) is 6.29 Å². The monoisotopic (exact) mass is 341 g/mol. The average molecular weight is 341 g/mol. The molecule has 1 aliphatic carbocycles. The molecule has 2 N–H and O–H groups in total. The van der Waals surface area contributed by atoms with E-state index in [4.69, 9.17) is 4.74 Å². The first-order valence-electron chi connectivity index (χ1n) is 8.67. The lowest BCUT2D eigenvalue weighted by Crippen LogP contribution is -2.32. The van der Waals surface area contributed by atoms with E-state index in [9.17, 15) is 10.2 Å². The Hall–Kier alpha value is -2.04. The summed E-state index contributed by atoms with van der Waals surface area (Å²) in [6.45, 7) is 7.42. The quantitative estimate of drug-likeness (QED) is 0.823. The number of benzene rings is 1. The van der Waals surface area contributed by atoms with Crippen molar-refractivity contribution >= 4 is 0 Å². The van der Waals surface area contributed by atoms with Crippen LogP contribution in [0.5, 0.6) is 5.75 Å². The van der Waals surface area contributed by atoms with Crippen molar-refractivity contribution in [2.45, 2.75) is 39.6 Å². The Morgan fingerprint density at radius 1 is 1.20 bits per heavy atom. The van der Waals surface area contributed by atoms with Gasteiger partial charge in [0.25, 0.3) is 0 Å². The number of fused-ring (bicyclic) bond motifs is 1. The fourth-order valence-corrected chi connectivity index (χ4v) is 3.39. The minimum Gasteiger partial charge on any atom is -0.496 e. The maximum atomic E-state index is 9.34. The average Bonchev–Trinajstić information content (AvgIpc) is 2.96. The number of aliphatic hydroxyl groups excluding tert-OH is 1. The highest BCUT2D eigenvalue weighted by Crippen LogP contribution is 2.37. The van der Waals surface area contributed by atoms with Gasteiger partial charge in [0.2, 0.25) is 0 Å². The summed E-state index contributed by atoms with van der Waals surface area (Å²) in [6, 6.07) is 5.64. The van der Waals surface area contributed by atoms with Crippen LogP contribution in [0.15, 0.2) is 54.3 Å². The molecular weight excluding hydrogens is 314 g/mol. The summed E-state index contributed by atoms with van der Waals surface area (Å²) in [5.74, 6) is 1.07. The molecule has 0 saturated carbocycles. The summed E-state index contributed by atoms with van der Waals surface area (Å²) < 4.78 is 5.46. The molecule has 0 spiro atoms. The van der Waals surface area contributed by atoms with Crippen LogP contribution in [-0.4, -0.2) is 28.3 Å². The molecule has 2 aliphatic rings. The molecule has 4 nitrogen and oxygen atoms in total. The lowest BCUT2D eigenvalue weighted by molar-refractivity contribution is -0.0426. The maximum Gasteiger partial charge on any atom is 0.178 e. The fourth-order valence-electron chi connectivity index (χ4n) is 3.39. The summed E-state index contributed by atoms with van der Waals surface area (Å²) in [7, 11) is 1.61.